The molecule has 0 saturated carbocycles. The van der Waals surface area contributed by atoms with Crippen LogP contribution in [0.4, 0.5) is 0 Å². The molecule has 0 aliphatic carbocycles. The Labute approximate surface area is 155 Å². The van der Waals surface area contributed by atoms with E-state index in [1.54, 1.807) is 0 Å². The Balaban J connectivity index is 1.52. The smallest absolute Gasteiger partial charge is 0.385 e. The summed E-state index contributed by atoms with van der Waals surface area (Å²) in [5, 5.41) is 0. The molecule has 0 amide bonds. The quantitative estimate of drug-likeness (QED) is 0.514. The highest BCUT2D eigenvalue weighted by Gasteiger charge is 2.46. The van der Waals surface area contributed by atoms with Gasteiger partial charge in [0.1, 0.15) is 0 Å². The van der Waals surface area contributed by atoms with Crippen LogP contribution in [-0.2, 0) is 0 Å². The van der Waals surface area contributed by atoms with E-state index in [0.717, 1.165) is 24.3 Å². The van der Waals surface area contributed by atoms with Gasteiger partial charge in [0.15, 0.2) is 11.5 Å². The van der Waals surface area contributed by atoms with Crippen LogP contribution in [0.3, 0.4) is 0 Å². The van der Waals surface area contributed by atoms with E-state index < -0.39 is 8.53 Å². The molecule has 0 N–H and O–H groups in total. The minimum Gasteiger partial charge on any atom is -0.423 e. The highest BCUT2D eigenvalue weighted by Crippen LogP contribution is 2.63. The van der Waals surface area contributed by atoms with Gasteiger partial charge in [-0.1, -0.05) is 72.8 Å². The van der Waals surface area contributed by atoms with Crippen molar-refractivity contribution in [2.75, 3.05) is 0 Å². The fraction of sp³-hybridized carbons (Fsp3) is 0.182. The molecular weight excluding hydrogens is 341 g/mol. The van der Waals surface area contributed by atoms with Crippen molar-refractivity contribution in [2.24, 2.45) is 0 Å². The second kappa shape index (κ2) is 6.75. The molecule has 2 atom stereocenters. The number of hydrogen-bond acceptors (Lipinski definition) is 3. The Kier molecular flexibility index (Phi) is 4.12. The normalized spacial score (nSPS) is 22.6. The Morgan fingerprint density at radius 3 is 1.50 bits per heavy atom. The number of benzene rings is 3. The first-order valence-corrected chi connectivity index (χ1v) is 10.2. The van der Waals surface area contributed by atoms with Crippen LogP contribution in [0.2, 0.25) is 0 Å². The third-order valence-corrected chi connectivity index (χ3v) is 6.75. The third kappa shape index (κ3) is 2.78. The summed E-state index contributed by atoms with van der Waals surface area (Å²) in [6.07, 6.45) is 2.21. The lowest BCUT2D eigenvalue weighted by Crippen LogP contribution is -2.23. The van der Waals surface area contributed by atoms with Gasteiger partial charge in [-0.2, -0.15) is 0 Å². The lowest BCUT2D eigenvalue weighted by atomic mass is 10.0. The molecule has 4 heteroatoms. The summed E-state index contributed by atoms with van der Waals surface area (Å²) in [5.41, 5.74) is 2.66. The van der Waals surface area contributed by atoms with Gasteiger partial charge in [-0.15, -0.1) is 0 Å². The highest BCUT2D eigenvalue weighted by molar-refractivity contribution is 7.45. The molecule has 1 fully saturated rings. The molecule has 26 heavy (non-hydrogen) atoms. The largest absolute Gasteiger partial charge is 0.423 e. The topological polar surface area (TPSA) is 21.7 Å². The maximum Gasteiger partial charge on any atom is 0.385 e. The molecule has 0 radical (unpaired) electrons. The van der Waals surface area contributed by atoms with Crippen molar-refractivity contribution >= 4 is 8.53 Å². The molecule has 3 aromatic rings. The monoisotopic (exact) mass is 361 g/mol. The van der Waals surface area contributed by atoms with E-state index in [2.05, 4.69) is 65.3 Å². The molecule has 0 unspecified atom stereocenters. The Morgan fingerprint density at radius 1 is 0.615 bits per heavy atom. The van der Waals surface area contributed by atoms with Crippen molar-refractivity contribution in [3.8, 4) is 11.5 Å². The van der Waals surface area contributed by atoms with Gasteiger partial charge in [0.25, 0.3) is 0 Å². The number of rotatable bonds is 3. The van der Waals surface area contributed by atoms with Crippen LogP contribution in [0.15, 0.2) is 84.9 Å². The Hall–Kier alpha value is -2.35. The minimum atomic E-state index is -1.17. The van der Waals surface area contributed by atoms with Crippen LogP contribution in [0.25, 0.3) is 0 Å². The number of hydrogen-bond donors (Lipinski definition) is 0. The van der Waals surface area contributed by atoms with Crippen molar-refractivity contribution in [3.05, 3.63) is 96.1 Å². The van der Waals surface area contributed by atoms with E-state index in [1.807, 2.05) is 24.3 Å². The first kappa shape index (κ1) is 15.9. The molecule has 0 spiro atoms. The Bertz CT molecular complexity index is 814. The van der Waals surface area contributed by atoms with E-state index in [0.29, 0.717) is 12.1 Å². The molecule has 2 aliphatic rings. The van der Waals surface area contributed by atoms with Gasteiger partial charge >= 0.3 is 8.53 Å². The van der Waals surface area contributed by atoms with Crippen LogP contribution in [0, 0.1) is 0 Å². The average molecular weight is 361 g/mol. The molecule has 5 rings (SSSR count). The predicted molar refractivity (Wildman–Crippen MR) is 104 cm³/mol. The van der Waals surface area contributed by atoms with Gasteiger partial charge in [0.05, 0.1) is 0 Å². The van der Waals surface area contributed by atoms with Crippen LogP contribution in [-0.4, -0.2) is 4.67 Å². The summed E-state index contributed by atoms with van der Waals surface area (Å²) in [6, 6.07) is 30.0. The minimum absolute atomic E-state index is 0.307. The molecule has 0 bridgehead atoms. The van der Waals surface area contributed by atoms with Crippen molar-refractivity contribution in [1.29, 1.82) is 0 Å². The molecule has 3 nitrogen and oxygen atoms in total. The van der Waals surface area contributed by atoms with Crippen LogP contribution >= 0.6 is 8.53 Å². The van der Waals surface area contributed by atoms with E-state index in [1.165, 1.54) is 11.1 Å². The second-order valence-electron chi connectivity index (χ2n) is 6.68. The highest BCUT2D eigenvalue weighted by atomic mass is 31.2. The van der Waals surface area contributed by atoms with E-state index in [-0.39, 0.29) is 0 Å². The predicted octanol–water partition coefficient (Wildman–Crippen LogP) is 6.26. The molecule has 0 aromatic heterocycles. The number of fused-ring (bicyclic) bond motifs is 1. The standard InChI is InChI=1S/C22H20NO2P/c1-3-9-17(10-4-1)19-15-16-20(18-11-5-2-6-12-18)23(19)26-24-21-13-7-8-14-22(21)25-26/h1-14,19-20H,15-16H2/t19-,20-/m0/s1. The van der Waals surface area contributed by atoms with Crippen molar-refractivity contribution in [2.45, 2.75) is 24.9 Å². The fourth-order valence-corrected chi connectivity index (χ4v) is 5.71. The van der Waals surface area contributed by atoms with Gasteiger partial charge in [0, 0.05) is 12.1 Å². The summed E-state index contributed by atoms with van der Waals surface area (Å²) in [7, 11) is -1.17. The summed E-state index contributed by atoms with van der Waals surface area (Å²) in [5.74, 6) is 1.70. The zero-order valence-corrected chi connectivity index (χ0v) is 15.3. The average Bonchev–Trinajstić information content (AvgIpc) is 3.33. The third-order valence-electron chi connectivity index (χ3n) is 5.11. The summed E-state index contributed by atoms with van der Waals surface area (Å²) < 4.78 is 15.0. The zero-order valence-electron chi connectivity index (χ0n) is 14.4. The van der Waals surface area contributed by atoms with Gasteiger partial charge in [-0.25, -0.2) is 4.67 Å². The SMILES string of the molecule is c1ccc([C@@H]2CC[C@@H](c3ccccc3)N2P2Oc3ccccc3O2)cc1. The first-order chi connectivity index (χ1) is 12.9. The van der Waals surface area contributed by atoms with E-state index in [4.69, 9.17) is 9.05 Å². The Morgan fingerprint density at radius 2 is 1.04 bits per heavy atom. The summed E-state index contributed by atoms with van der Waals surface area (Å²) in [4.78, 5) is 0. The van der Waals surface area contributed by atoms with E-state index >= 15 is 0 Å². The van der Waals surface area contributed by atoms with Gasteiger partial charge in [-0.05, 0) is 36.1 Å². The van der Waals surface area contributed by atoms with Crippen LogP contribution in [0.1, 0.15) is 36.1 Å². The van der Waals surface area contributed by atoms with Crippen LogP contribution in [0.5, 0.6) is 11.5 Å². The van der Waals surface area contributed by atoms with Crippen molar-refractivity contribution < 1.29 is 9.05 Å². The second-order valence-corrected chi connectivity index (χ2v) is 7.98. The fourth-order valence-electron chi connectivity index (χ4n) is 3.90. The number of nitrogens with zero attached hydrogens (tertiary/aromatic N) is 1. The summed E-state index contributed by atoms with van der Waals surface area (Å²) in [6.45, 7) is 0. The van der Waals surface area contributed by atoms with E-state index in [9.17, 15) is 0 Å². The number of para-hydroxylation sites is 2. The van der Waals surface area contributed by atoms with Crippen molar-refractivity contribution in [1.82, 2.24) is 4.67 Å². The van der Waals surface area contributed by atoms with Crippen molar-refractivity contribution in [3.63, 3.8) is 0 Å². The molecule has 130 valence electrons. The molecule has 3 aromatic carbocycles. The summed E-state index contributed by atoms with van der Waals surface area (Å²) >= 11 is 0. The maximum absolute atomic E-state index is 6.26. The van der Waals surface area contributed by atoms with Crippen LogP contribution < -0.4 is 9.05 Å². The molecule has 2 heterocycles. The molecule has 2 aliphatic heterocycles. The first-order valence-electron chi connectivity index (χ1n) is 9.03. The van der Waals surface area contributed by atoms with Gasteiger partial charge < -0.3 is 9.05 Å². The maximum atomic E-state index is 6.26. The molecule has 1 saturated heterocycles. The lowest BCUT2D eigenvalue weighted by molar-refractivity contribution is 0.304. The van der Waals surface area contributed by atoms with Gasteiger partial charge in [-0.3, -0.25) is 0 Å². The molecular formula is C22H20NO2P. The zero-order chi connectivity index (χ0) is 17.3. The van der Waals surface area contributed by atoms with Gasteiger partial charge in [0.2, 0.25) is 0 Å². The lowest BCUT2D eigenvalue weighted by Gasteiger charge is -2.31.